The van der Waals surface area contributed by atoms with Gasteiger partial charge in [-0.1, -0.05) is 66.7 Å². The minimum Gasteiger partial charge on any atom is -0.495 e. The number of nitrogens with one attached hydrogen (secondary N) is 1. The third-order valence-corrected chi connectivity index (χ3v) is 4.50. The third kappa shape index (κ3) is 2.57. The quantitative estimate of drug-likeness (QED) is 0.729. The van der Waals surface area contributed by atoms with Crippen molar-refractivity contribution in [2.45, 2.75) is 12.5 Å². The maximum Gasteiger partial charge on any atom is 0.142 e. The molecule has 0 aromatic heterocycles. The lowest BCUT2D eigenvalue weighted by Crippen LogP contribution is -2.05. The van der Waals surface area contributed by atoms with Crippen molar-refractivity contribution in [3.8, 4) is 16.9 Å². The number of hydrogen-bond acceptors (Lipinski definition) is 2. The van der Waals surface area contributed by atoms with Gasteiger partial charge in [-0.2, -0.15) is 0 Å². The lowest BCUT2D eigenvalue weighted by atomic mass is 9.99. The fourth-order valence-corrected chi connectivity index (χ4v) is 3.27. The van der Waals surface area contributed by atoms with Crippen LogP contribution in [0.15, 0.2) is 72.8 Å². The Kier molecular flexibility index (Phi) is 3.51. The van der Waals surface area contributed by atoms with Gasteiger partial charge in [-0.05, 0) is 34.7 Å². The van der Waals surface area contributed by atoms with E-state index in [2.05, 4.69) is 66.0 Å². The van der Waals surface area contributed by atoms with Crippen molar-refractivity contribution in [1.82, 2.24) is 0 Å². The fraction of sp³-hybridized carbons (Fsp3) is 0.143. The van der Waals surface area contributed by atoms with Gasteiger partial charge in [-0.25, -0.2) is 0 Å². The van der Waals surface area contributed by atoms with E-state index in [9.17, 15) is 0 Å². The summed E-state index contributed by atoms with van der Waals surface area (Å²) < 4.78 is 5.46. The highest BCUT2D eigenvalue weighted by molar-refractivity contribution is 5.68. The van der Waals surface area contributed by atoms with Crippen LogP contribution in [0, 0.1) is 0 Å². The van der Waals surface area contributed by atoms with Gasteiger partial charge >= 0.3 is 0 Å². The van der Waals surface area contributed by atoms with Gasteiger partial charge in [0.25, 0.3) is 0 Å². The molecular weight excluding hydrogens is 282 g/mol. The molecule has 1 heterocycles. The Morgan fingerprint density at radius 2 is 1.57 bits per heavy atom. The molecule has 2 nitrogen and oxygen atoms in total. The predicted molar refractivity (Wildman–Crippen MR) is 94.9 cm³/mol. The highest BCUT2D eigenvalue weighted by Gasteiger charge is 2.24. The van der Waals surface area contributed by atoms with Crippen LogP contribution in [-0.2, 0) is 6.42 Å². The molecule has 3 aromatic carbocycles. The average Bonchev–Trinajstić information content (AvgIpc) is 3.07. The molecule has 1 aliphatic rings. The molecule has 1 aliphatic heterocycles. The summed E-state index contributed by atoms with van der Waals surface area (Å²) in [5.74, 6) is 0.922. The molecule has 23 heavy (non-hydrogen) atoms. The van der Waals surface area contributed by atoms with Gasteiger partial charge in [0.2, 0.25) is 0 Å². The van der Waals surface area contributed by atoms with Crippen LogP contribution in [0.2, 0.25) is 0 Å². The van der Waals surface area contributed by atoms with Crippen LogP contribution in [0.4, 0.5) is 5.69 Å². The number of para-hydroxylation sites is 1. The summed E-state index contributed by atoms with van der Waals surface area (Å²) in [6.45, 7) is 0. The summed E-state index contributed by atoms with van der Waals surface area (Å²) in [6.07, 6.45) is 0.997. The van der Waals surface area contributed by atoms with Crippen LogP contribution in [0.1, 0.15) is 17.2 Å². The van der Waals surface area contributed by atoms with Crippen LogP contribution in [0.3, 0.4) is 0 Å². The van der Waals surface area contributed by atoms with Crippen molar-refractivity contribution in [2.75, 3.05) is 12.4 Å². The number of methoxy groups -OCH3 is 1. The molecule has 0 spiro atoms. The molecule has 0 saturated heterocycles. The van der Waals surface area contributed by atoms with E-state index in [1.54, 1.807) is 7.11 Å². The Hall–Kier alpha value is -2.74. The summed E-state index contributed by atoms with van der Waals surface area (Å²) in [5.41, 5.74) is 6.27. The van der Waals surface area contributed by atoms with Crippen molar-refractivity contribution in [3.05, 3.63) is 83.9 Å². The molecule has 0 radical (unpaired) electrons. The van der Waals surface area contributed by atoms with Gasteiger partial charge in [0.15, 0.2) is 0 Å². The molecule has 0 fully saturated rings. The highest BCUT2D eigenvalue weighted by Crippen LogP contribution is 2.40. The number of rotatable bonds is 3. The molecule has 2 heteroatoms. The fourth-order valence-electron chi connectivity index (χ4n) is 3.27. The first-order chi connectivity index (χ1) is 11.3. The molecule has 1 N–H and O–H groups in total. The second kappa shape index (κ2) is 5.81. The zero-order valence-corrected chi connectivity index (χ0v) is 13.1. The van der Waals surface area contributed by atoms with Gasteiger partial charge in [0.1, 0.15) is 5.75 Å². The van der Waals surface area contributed by atoms with Crippen LogP contribution >= 0.6 is 0 Å². The van der Waals surface area contributed by atoms with E-state index in [-0.39, 0.29) is 0 Å². The highest BCUT2D eigenvalue weighted by atomic mass is 16.5. The first kappa shape index (κ1) is 13.9. The van der Waals surface area contributed by atoms with E-state index in [0.717, 1.165) is 17.9 Å². The van der Waals surface area contributed by atoms with Crippen molar-refractivity contribution in [1.29, 1.82) is 0 Å². The van der Waals surface area contributed by atoms with Crippen LogP contribution < -0.4 is 10.1 Å². The van der Waals surface area contributed by atoms with Crippen molar-refractivity contribution < 1.29 is 4.74 Å². The largest absolute Gasteiger partial charge is 0.495 e. The standard InChI is InChI=1S/C21H19NO/c1-23-20-9-5-8-18-14-19(22-21(18)20)17-12-10-16(11-13-17)15-6-3-2-4-7-15/h2-13,19,22H,14H2,1H3. The van der Waals surface area contributed by atoms with Gasteiger partial charge in [0.05, 0.1) is 18.8 Å². The van der Waals surface area contributed by atoms with Gasteiger partial charge < -0.3 is 10.1 Å². The zero-order valence-electron chi connectivity index (χ0n) is 13.1. The Morgan fingerprint density at radius 1 is 0.826 bits per heavy atom. The Morgan fingerprint density at radius 3 is 2.30 bits per heavy atom. The average molecular weight is 301 g/mol. The Bertz CT molecular complexity index is 809. The topological polar surface area (TPSA) is 21.3 Å². The van der Waals surface area contributed by atoms with Crippen molar-refractivity contribution in [3.63, 3.8) is 0 Å². The normalized spacial score (nSPS) is 15.8. The maximum atomic E-state index is 5.46. The van der Waals surface area contributed by atoms with E-state index in [1.165, 1.54) is 22.3 Å². The maximum absolute atomic E-state index is 5.46. The Labute approximate surface area is 136 Å². The second-order valence-corrected chi connectivity index (χ2v) is 5.88. The third-order valence-electron chi connectivity index (χ3n) is 4.50. The number of anilines is 1. The molecule has 1 unspecified atom stereocenters. The van der Waals surface area contributed by atoms with E-state index in [4.69, 9.17) is 4.74 Å². The van der Waals surface area contributed by atoms with Gasteiger partial charge in [-0.3, -0.25) is 0 Å². The lowest BCUT2D eigenvalue weighted by molar-refractivity contribution is 0.416. The second-order valence-electron chi connectivity index (χ2n) is 5.88. The van der Waals surface area contributed by atoms with Crippen molar-refractivity contribution >= 4 is 5.69 Å². The summed E-state index contributed by atoms with van der Waals surface area (Å²) >= 11 is 0. The lowest BCUT2D eigenvalue weighted by Gasteiger charge is -2.13. The SMILES string of the molecule is COc1cccc2c1NC(c1ccc(-c3ccccc3)cc1)C2. The summed E-state index contributed by atoms with van der Waals surface area (Å²) in [4.78, 5) is 0. The van der Waals surface area contributed by atoms with Crippen LogP contribution in [-0.4, -0.2) is 7.11 Å². The molecule has 0 aliphatic carbocycles. The van der Waals surface area contributed by atoms with E-state index in [0.29, 0.717) is 6.04 Å². The molecule has 4 rings (SSSR count). The smallest absolute Gasteiger partial charge is 0.142 e. The number of ether oxygens (including phenoxy) is 1. The van der Waals surface area contributed by atoms with Crippen molar-refractivity contribution in [2.24, 2.45) is 0 Å². The molecule has 0 bridgehead atoms. The Balaban J connectivity index is 1.59. The van der Waals surface area contributed by atoms with E-state index < -0.39 is 0 Å². The monoisotopic (exact) mass is 301 g/mol. The van der Waals surface area contributed by atoms with Crippen LogP contribution in [0.25, 0.3) is 11.1 Å². The first-order valence-electron chi connectivity index (χ1n) is 7.93. The molecule has 114 valence electrons. The van der Waals surface area contributed by atoms with Crippen LogP contribution in [0.5, 0.6) is 5.75 Å². The number of benzene rings is 3. The molecule has 1 atom stereocenters. The summed E-state index contributed by atoms with van der Waals surface area (Å²) in [7, 11) is 1.72. The number of fused-ring (bicyclic) bond motifs is 1. The first-order valence-corrected chi connectivity index (χ1v) is 7.93. The molecular formula is C21H19NO. The molecule has 3 aromatic rings. The van der Waals surface area contributed by atoms with E-state index in [1.807, 2.05) is 12.1 Å². The van der Waals surface area contributed by atoms with E-state index >= 15 is 0 Å². The van der Waals surface area contributed by atoms with Gasteiger partial charge in [0, 0.05) is 0 Å². The molecule has 0 amide bonds. The number of hydrogen-bond donors (Lipinski definition) is 1. The zero-order chi connectivity index (χ0) is 15.6. The van der Waals surface area contributed by atoms with Gasteiger partial charge in [-0.15, -0.1) is 0 Å². The summed E-state index contributed by atoms with van der Waals surface area (Å²) in [6, 6.07) is 25.9. The minimum absolute atomic E-state index is 0.311. The minimum atomic E-state index is 0.311. The molecule has 0 saturated carbocycles. The summed E-state index contributed by atoms with van der Waals surface area (Å²) in [5, 5.41) is 3.60. The predicted octanol–water partition coefficient (Wildman–Crippen LogP) is 5.07.